The second-order valence-corrected chi connectivity index (χ2v) is 8.22. The molecule has 108 valence electrons. The zero-order valence-electron chi connectivity index (χ0n) is 12.7. The third-order valence-corrected chi connectivity index (χ3v) is 5.35. The lowest BCUT2D eigenvalue weighted by molar-refractivity contribution is 0.414. The molecular weight excluding hydrogens is 258 g/mol. The van der Waals surface area contributed by atoms with Crippen molar-refractivity contribution in [1.82, 2.24) is 5.32 Å². The van der Waals surface area contributed by atoms with Gasteiger partial charge in [-0.15, -0.1) is 0 Å². The molecule has 0 radical (unpaired) electrons. The van der Waals surface area contributed by atoms with Crippen LogP contribution < -0.4 is 10.1 Å². The van der Waals surface area contributed by atoms with Crippen molar-refractivity contribution in [3.63, 3.8) is 0 Å². The van der Waals surface area contributed by atoms with Gasteiger partial charge in [0.2, 0.25) is 0 Å². The van der Waals surface area contributed by atoms with Crippen LogP contribution in [0.3, 0.4) is 0 Å². The van der Waals surface area contributed by atoms with Crippen LogP contribution in [0.25, 0.3) is 0 Å². The summed E-state index contributed by atoms with van der Waals surface area (Å²) in [5.74, 6) is 0.836. The highest BCUT2D eigenvalue weighted by Crippen LogP contribution is 2.27. The monoisotopic (exact) mass is 283 g/mol. The number of hydrogen-bond donors (Lipinski definition) is 1. The van der Waals surface area contributed by atoms with Crippen LogP contribution in [0.1, 0.15) is 39.3 Å². The molecule has 0 aromatic heterocycles. The molecule has 0 saturated carbocycles. The van der Waals surface area contributed by atoms with Crippen molar-refractivity contribution in [2.24, 2.45) is 0 Å². The van der Waals surface area contributed by atoms with Crippen LogP contribution in [0.15, 0.2) is 24.3 Å². The van der Waals surface area contributed by atoms with E-state index in [4.69, 9.17) is 4.74 Å². The largest absolute Gasteiger partial charge is 0.497 e. The third kappa shape index (κ3) is 4.05. The Bertz CT molecular complexity index is 423. The van der Waals surface area contributed by atoms with E-state index >= 15 is 0 Å². The van der Waals surface area contributed by atoms with E-state index in [1.165, 1.54) is 0 Å². The van der Waals surface area contributed by atoms with Crippen molar-refractivity contribution < 1.29 is 8.95 Å². The fourth-order valence-electron chi connectivity index (χ4n) is 2.16. The molecule has 19 heavy (non-hydrogen) atoms. The summed E-state index contributed by atoms with van der Waals surface area (Å²) in [7, 11) is 2.65. The van der Waals surface area contributed by atoms with Gasteiger partial charge in [-0.05, 0) is 52.4 Å². The van der Waals surface area contributed by atoms with Crippen molar-refractivity contribution in [3.8, 4) is 5.75 Å². The number of methoxy groups -OCH3 is 1. The third-order valence-electron chi connectivity index (χ3n) is 3.20. The van der Waals surface area contributed by atoms with Gasteiger partial charge in [-0.1, -0.05) is 12.1 Å². The molecular formula is C15H25NO2S. The average molecular weight is 283 g/mol. The first kappa shape index (κ1) is 16.2. The zero-order chi connectivity index (χ0) is 14.6. The van der Waals surface area contributed by atoms with Crippen LogP contribution in [-0.4, -0.2) is 28.4 Å². The molecule has 0 amide bonds. The fourth-order valence-corrected chi connectivity index (χ4v) is 3.82. The number of nitrogens with one attached hydrogen (secondary N) is 1. The maximum Gasteiger partial charge on any atom is 0.118 e. The summed E-state index contributed by atoms with van der Waals surface area (Å²) >= 11 is 0. The lowest BCUT2D eigenvalue weighted by Crippen LogP contribution is -2.38. The molecule has 0 aliphatic carbocycles. The molecule has 0 bridgehead atoms. The molecule has 0 aliphatic heterocycles. The van der Waals surface area contributed by atoms with Crippen LogP contribution >= 0.6 is 0 Å². The normalized spacial score (nSPS) is 16.7. The van der Waals surface area contributed by atoms with Gasteiger partial charge >= 0.3 is 0 Å². The van der Waals surface area contributed by atoms with Gasteiger partial charge in [0.1, 0.15) is 5.75 Å². The molecule has 0 fully saturated rings. The molecule has 3 atom stereocenters. The highest BCUT2D eigenvalue weighted by molar-refractivity contribution is 7.87. The minimum atomic E-state index is -0.913. The Hall–Kier alpha value is -0.870. The second kappa shape index (κ2) is 6.53. The van der Waals surface area contributed by atoms with Gasteiger partial charge in [-0.2, -0.15) is 0 Å². The fraction of sp³-hybridized carbons (Fsp3) is 0.600. The first-order valence-corrected chi connectivity index (χ1v) is 7.74. The van der Waals surface area contributed by atoms with E-state index in [0.29, 0.717) is 0 Å². The Labute approximate surface area is 119 Å². The summed E-state index contributed by atoms with van der Waals surface area (Å²) in [6.07, 6.45) is 0. The highest BCUT2D eigenvalue weighted by atomic mass is 32.2. The smallest absolute Gasteiger partial charge is 0.118 e. The molecule has 3 unspecified atom stereocenters. The Balaban J connectivity index is 2.96. The molecule has 0 saturated heterocycles. The van der Waals surface area contributed by atoms with Crippen LogP contribution in [0.4, 0.5) is 0 Å². The van der Waals surface area contributed by atoms with Crippen LogP contribution in [0.2, 0.25) is 0 Å². The summed E-state index contributed by atoms with van der Waals surface area (Å²) in [6, 6.07) is 8.00. The first-order valence-electron chi connectivity index (χ1n) is 6.53. The average Bonchev–Trinajstić information content (AvgIpc) is 2.38. The quantitative estimate of drug-likeness (QED) is 0.903. The van der Waals surface area contributed by atoms with Gasteiger partial charge < -0.3 is 10.1 Å². The van der Waals surface area contributed by atoms with E-state index in [1.807, 2.05) is 59.0 Å². The Morgan fingerprint density at radius 3 is 2.11 bits per heavy atom. The number of rotatable bonds is 5. The summed E-state index contributed by atoms with van der Waals surface area (Å²) in [6.45, 7) is 8.08. The van der Waals surface area contributed by atoms with Gasteiger partial charge in [-0.25, -0.2) is 0 Å². The van der Waals surface area contributed by atoms with Gasteiger partial charge in [0.05, 0.1) is 12.4 Å². The molecule has 3 nitrogen and oxygen atoms in total. The van der Waals surface area contributed by atoms with Crippen molar-refractivity contribution in [2.45, 2.75) is 43.7 Å². The van der Waals surface area contributed by atoms with Gasteiger partial charge in [0, 0.05) is 21.6 Å². The first-order chi connectivity index (χ1) is 8.81. The van der Waals surface area contributed by atoms with E-state index in [2.05, 4.69) is 5.32 Å². The molecule has 1 rings (SSSR count). The van der Waals surface area contributed by atoms with Gasteiger partial charge in [-0.3, -0.25) is 4.21 Å². The Morgan fingerprint density at radius 1 is 1.21 bits per heavy atom. The number of ether oxygens (including phenoxy) is 1. The Kier molecular flexibility index (Phi) is 5.56. The highest BCUT2D eigenvalue weighted by Gasteiger charge is 2.30. The summed E-state index contributed by atoms with van der Waals surface area (Å²) < 4.78 is 17.5. The topological polar surface area (TPSA) is 38.3 Å². The van der Waals surface area contributed by atoms with E-state index in [-0.39, 0.29) is 16.0 Å². The molecule has 1 aromatic rings. The zero-order valence-corrected chi connectivity index (χ0v) is 13.5. The predicted octanol–water partition coefficient (Wildman–Crippen LogP) is 2.89. The standard InChI is InChI=1S/C15H25NO2S/c1-11(19(17)15(2,3)4)14(16-5)12-7-9-13(18-6)10-8-12/h7-11,14,16H,1-6H3. The molecule has 0 heterocycles. The molecule has 0 spiro atoms. The number of hydrogen-bond acceptors (Lipinski definition) is 3. The summed E-state index contributed by atoms with van der Waals surface area (Å²) in [5, 5.41) is 3.31. The minimum absolute atomic E-state index is 0.0402. The van der Waals surface area contributed by atoms with Gasteiger partial charge in [0.25, 0.3) is 0 Å². The van der Waals surface area contributed by atoms with Crippen LogP contribution in [-0.2, 0) is 10.8 Å². The maximum atomic E-state index is 12.5. The van der Waals surface area contributed by atoms with Crippen molar-refractivity contribution in [1.29, 1.82) is 0 Å². The van der Waals surface area contributed by atoms with E-state index in [9.17, 15) is 4.21 Å². The molecule has 1 N–H and O–H groups in total. The maximum absolute atomic E-state index is 12.5. The molecule has 1 aromatic carbocycles. The SMILES string of the molecule is CNC(c1ccc(OC)cc1)C(C)S(=O)C(C)(C)C. The van der Waals surface area contributed by atoms with E-state index < -0.39 is 10.8 Å². The van der Waals surface area contributed by atoms with Crippen molar-refractivity contribution in [3.05, 3.63) is 29.8 Å². The Morgan fingerprint density at radius 2 is 1.74 bits per heavy atom. The minimum Gasteiger partial charge on any atom is -0.497 e. The van der Waals surface area contributed by atoms with Crippen molar-refractivity contribution in [2.75, 3.05) is 14.2 Å². The van der Waals surface area contributed by atoms with Crippen LogP contribution in [0, 0.1) is 0 Å². The van der Waals surface area contributed by atoms with E-state index in [0.717, 1.165) is 11.3 Å². The molecule has 4 heteroatoms. The summed E-state index contributed by atoms with van der Waals surface area (Å²) in [5.41, 5.74) is 1.13. The van der Waals surface area contributed by atoms with E-state index in [1.54, 1.807) is 7.11 Å². The lowest BCUT2D eigenvalue weighted by Gasteiger charge is -2.29. The predicted molar refractivity (Wildman–Crippen MR) is 82.2 cm³/mol. The second-order valence-electron chi connectivity index (χ2n) is 5.65. The molecule has 0 aliphatic rings. The van der Waals surface area contributed by atoms with Crippen molar-refractivity contribution >= 4 is 10.8 Å². The summed E-state index contributed by atoms with van der Waals surface area (Å²) in [4.78, 5) is 0. The number of benzene rings is 1. The van der Waals surface area contributed by atoms with Gasteiger partial charge in [0.15, 0.2) is 0 Å². The van der Waals surface area contributed by atoms with Crippen LogP contribution in [0.5, 0.6) is 5.75 Å². The lowest BCUT2D eigenvalue weighted by atomic mass is 10.0.